The van der Waals surface area contributed by atoms with Crippen LogP contribution in [0.2, 0.25) is 0 Å². The van der Waals surface area contributed by atoms with E-state index in [0.29, 0.717) is 0 Å². The summed E-state index contributed by atoms with van der Waals surface area (Å²) >= 11 is 2.80. The summed E-state index contributed by atoms with van der Waals surface area (Å²) in [4.78, 5) is 0. The molecular weight excluding hydrogens is 160 g/mol. The molecule has 0 heterocycles. The van der Waals surface area contributed by atoms with Crippen molar-refractivity contribution in [1.82, 2.24) is 0 Å². The van der Waals surface area contributed by atoms with E-state index in [1.165, 1.54) is 16.2 Å². The second-order valence-electron chi connectivity index (χ2n) is 0.105. The van der Waals surface area contributed by atoms with Crippen LogP contribution in [0, 0.1) is 0 Å². The van der Waals surface area contributed by atoms with Crippen LogP contribution in [0.15, 0.2) is 0 Å². The Balaban J connectivity index is -0.0000000105. The van der Waals surface area contributed by atoms with Crippen molar-refractivity contribution in [3.63, 3.8) is 0 Å². The molecular formula is HAl2FKO3. The molecule has 0 aliphatic heterocycles. The molecule has 7 heavy (non-hydrogen) atoms. The van der Waals surface area contributed by atoms with Crippen LogP contribution in [0.1, 0.15) is 0 Å². The summed E-state index contributed by atoms with van der Waals surface area (Å²) in [6.07, 6.45) is 0. The molecule has 0 atom stereocenters. The standard InChI is InChI=1S/2Al.FH.K.H2O2.O/c;;;;1-2;/h;;1H;;1-2H;/q;+1;;+1;;/p-2. The molecule has 0 aromatic heterocycles. The van der Waals surface area contributed by atoms with Gasteiger partial charge >= 0.3 is 88.0 Å². The van der Waals surface area contributed by atoms with Gasteiger partial charge in [-0.3, -0.25) is 5.26 Å². The summed E-state index contributed by atoms with van der Waals surface area (Å²) in [5.74, 6) is 0. The molecule has 0 saturated heterocycles. The third-order valence-electron chi connectivity index (χ3n) is 0. The Bertz CT molecular complexity index is 16.9. The van der Waals surface area contributed by atoms with Crippen LogP contribution in [0.3, 0.4) is 0 Å². The molecule has 0 aromatic rings. The number of hydrogen-bond donors (Lipinski definition) is 1. The van der Waals surface area contributed by atoms with Gasteiger partial charge in [0.1, 0.15) is 0 Å². The van der Waals surface area contributed by atoms with Crippen molar-refractivity contribution in [3.05, 3.63) is 0 Å². The van der Waals surface area contributed by atoms with E-state index >= 15 is 0 Å². The number of rotatable bonds is 0. The quantitative estimate of drug-likeness (QED) is 0.218. The molecule has 0 rings (SSSR count). The third kappa shape index (κ3) is 60.9. The van der Waals surface area contributed by atoms with Gasteiger partial charge in [-0.2, -0.15) is 0 Å². The van der Waals surface area contributed by atoms with E-state index in [9.17, 15) is 0 Å². The third-order valence-corrected chi connectivity index (χ3v) is 0. The summed E-state index contributed by atoms with van der Waals surface area (Å²) in [6.45, 7) is 0. The van der Waals surface area contributed by atoms with Crippen molar-refractivity contribution in [2.24, 2.45) is 0 Å². The van der Waals surface area contributed by atoms with E-state index in [0.717, 1.165) is 0 Å². The first kappa shape index (κ1) is 22.8. The Morgan fingerprint density at radius 3 is 1.43 bits per heavy atom. The zero-order chi connectivity index (χ0) is 4.71. The molecule has 0 unspecified atom stereocenters. The van der Waals surface area contributed by atoms with Gasteiger partial charge < -0.3 is 8.64 Å². The van der Waals surface area contributed by atoms with Gasteiger partial charge in [-0.1, -0.05) is 0 Å². The molecule has 33 valence electrons. The minimum absolute atomic E-state index is 0. The van der Waals surface area contributed by atoms with Gasteiger partial charge in [0.2, 0.25) is 0 Å². The first-order chi connectivity index (χ1) is 2.41. The predicted octanol–water partition coefficient (Wildman–Crippen LogP) is -6.93. The average molecular weight is 161 g/mol. The van der Waals surface area contributed by atoms with E-state index in [2.05, 4.69) is 3.94 Å². The fourth-order valence-electron chi connectivity index (χ4n) is 0. The van der Waals surface area contributed by atoms with Crippen LogP contribution < -0.4 is 56.1 Å². The molecule has 1 N–H and O–H groups in total. The van der Waals surface area contributed by atoms with Crippen molar-refractivity contribution < 1.29 is 69.1 Å². The fourth-order valence-corrected chi connectivity index (χ4v) is 0. The summed E-state index contributed by atoms with van der Waals surface area (Å²) in [6, 6.07) is 0. The second-order valence-corrected chi connectivity index (χ2v) is 0.316. The molecule has 7 heteroatoms. The zero-order valence-electron chi connectivity index (χ0n) is 3.80. The van der Waals surface area contributed by atoms with E-state index in [4.69, 9.17) is 9.06 Å². The first-order valence-corrected chi connectivity index (χ1v) is 1.60. The molecule has 0 saturated carbocycles. The molecule has 0 aromatic carbocycles. The molecule has 0 bridgehead atoms. The van der Waals surface area contributed by atoms with Crippen LogP contribution in [0.5, 0.6) is 0 Å². The minimum atomic E-state index is 0. The van der Waals surface area contributed by atoms with Gasteiger partial charge in [0.25, 0.3) is 0 Å². The Morgan fingerprint density at radius 2 is 1.43 bits per heavy atom. The summed E-state index contributed by atoms with van der Waals surface area (Å²) < 4.78 is 11.3. The van der Waals surface area contributed by atoms with Crippen LogP contribution in [0.4, 0.5) is 0 Å². The SMILES string of the molecule is O[O][Al].[F-].[K+].[O]=[Al]. The van der Waals surface area contributed by atoms with Gasteiger partial charge in [-0.25, -0.2) is 0 Å². The van der Waals surface area contributed by atoms with Crippen molar-refractivity contribution >= 4 is 32.8 Å². The summed E-state index contributed by atoms with van der Waals surface area (Å²) in [5, 5.41) is 7.03. The second kappa shape index (κ2) is 40.2. The van der Waals surface area contributed by atoms with Crippen molar-refractivity contribution in [3.8, 4) is 0 Å². The van der Waals surface area contributed by atoms with Crippen LogP contribution >= 0.6 is 0 Å². The van der Waals surface area contributed by atoms with E-state index < -0.39 is 0 Å². The van der Waals surface area contributed by atoms with Crippen LogP contribution in [-0.2, 0) is 7.74 Å². The van der Waals surface area contributed by atoms with E-state index in [1.807, 2.05) is 0 Å². The molecule has 0 aliphatic carbocycles. The molecule has 0 fully saturated rings. The average Bonchev–Trinajstić information content (AvgIpc) is 1.46. The van der Waals surface area contributed by atoms with Crippen molar-refractivity contribution in [1.29, 1.82) is 0 Å². The monoisotopic (exact) mass is 161 g/mol. The summed E-state index contributed by atoms with van der Waals surface area (Å²) in [7, 11) is 0. The zero-order valence-corrected chi connectivity index (χ0v) is 9.23. The van der Waals surface area contributed by atoms with Crippen molar-refractivity contribution in [2.75, 3.05) is 0 Å². The Kier molecular flexibility index (Phi) is 131. The van der Waals surface area contributed by atoms with Gasteiger partial charge in [0, 0.05) is 0 Å². The predicted molar refractivity (Wildman–Crippen MR) is 15.9 cm³/mol. The maximum absolute atomic E-state index is 8.17. The number of hydrogen-bond acceptors (Lipinski definition) is 3. The Morgan fingerprint density at radius 1 is 1.43 bits per heavy atom. The molecule has 0 aliphatic rings. The Hall–Kier alpha value is 2.35. The van der Waals surface area contributed by atoms with Crippen molar-refractivity contribution in [2.45, 2.75) is 0 Å². The van der Waals surface area contributed by atoms with Crippen LogP contribution in [-0.4, -0.2) is 38.1 Å². The molecule has 3 nitrogen and oxygen atoms in total. The van der Waals surface area contributed by atoms with Gasteiger partial charge in [0.15, 0.2) is 0 Å². The Labute approximate surface area is 99.9 Å². The molecule has 3 radical (unpaired) electrons. The van der Waals surface area contributed by atoms with E-state index in [-0.39, 0.29) is 56.1 Å². The molecule has 0 spiro atoms. The normalized spacial score (nSPS) is 2.86. The van der Waals surface area contributed by atoms with Gasteiger partial charge in [0.05, 0.1) is 0 Å². The topological polar surface area (TPSA) is 46.5 Å². The first-order valence-electron chi connectivity index (χ1n) is 0.654. The maximum atomic E-state index is 8.17. The van der Waals surface area contributed by atoms with Gasteiger partial charge in [-0.15, -0.1) is 0 Å². The summed E-state index contributed by atoms with van der Waals surface area (Å²) in [5.41, 5.74) is 0. The van der Waals surface area contributed by atoms with E-state index in [1.54, 1.807) is 16.6 Å². The van der Waals surface area contributed by atoms with Gasteiger partial charge in [-0.05, 0) is 0 Å². The number of halogens is 1. The molecule has 0 amide bonds. The van der Waals surface area contributed by atoms with Crippen LogP contribution in [0.25, 0.3) is 0 Å². The fraction of sp³-hybridized carbons (Fsp3) is 0.